The maximum atomic E-state index is 10.2. The van der Waals surface area contributed by atoms with Crippen LogP contribution in [0.5, 0.6) is 0 Å². The van der Waals surface area contributed by atoms with Gasteiger partial charge in [0.1, 0.15) is 12.6 Å². The van der Waals surface area contributed by atoms with E-state index in [0.717, 1.165) is 38.3 Å². The van der Waals surface area contributed by atoms with Gasteiger partial charge >= 0.3 is 0 Å². The molecule has 4 nitrogen and oxygen atoms in total. The maximum Gasteiger partial charge on any atom is 0.119 e. The molecular formula is C33H68O4. The number of carbonyl (C=O) groups excluding carboxylic acids is 2. The number of methoxy groups -OCH3 is 2. The van der Waals surface area contributed by atoms with Crippen molar-refractivity contribution in [3.63, 3.8) is 0 Å². The fourth-order valence-corrected chi connectivity index (χ4v) is 3.73. The van der Waals surface area contributed by atoms with Crippen molar-refractivity contribution in [3.8, 4) is 0 Å². The smallest absolute Gasteiger partial charge is 0.119 e. The summed E-state index contributed by atoms with van der Waals surface area (Å²) in [5, 5.41) is 0. The highest BCUT2D eigenvalue weighted by Gasteiger charge is 2.04. The molecule has 0 heterocycles. The van der Waals surface area contributed by atoms with Gasteiger partial charge in [0.15, 0.2) is 0 Å². The Morgan fingerprint density at radius 3 is 1.08 bits per heavy atom. The molecule has 0 bridgehead atoms. The molecule has 0 aliphatic carbocycles. The number of hydrogen-bond acceptors (Lipinski definition) is 4. The summed E-state index contributed by atoms with van der Waals surface area (Å²) < 4.78 is 10.0. The summed E-state index contributed by atoms with van der Waals surface area (Å²) in [5.41, 5.74) is 0.0417. The number of aldehydes is 2. The van der Waals surface area contributed by atoms with Gasteiger partial charge in [-0.1, -0.05) is 116 Å². The van der Waals surface area contributed by atoms with E-state index in [0.29, 0.717) is 6.10 Å². The Balaban J connectivity index is -0.000000628. The summed E-state index contributed by atoms with van der Waals surface area (Å²) in [6, 6.07) is 0. The monoisotopic (exact) mass is 529 g/mol. The first kappa shape index (κ1) is 40.8. The average molecular weight is 529 g/mol. The van der Waals surface area contributed by atoms with Crippen molar-refractivity contribution < 1.29 is 19.1 Å². The van der Waals surface area contributed by atoms with Gasteiger partial charge in [-0.05, 0) is 47.0 Å². The van der Waals surface area contributed by atoms with Crippen molar-refractivity contribution in [2.75, 3.05) is 14.2 Å². The molecule has 0 aromatic carbocycles. The van der Waals surface area contributed by atoms with Crippen molar-refractivity contribution in [2.24, 2.45) is 0 Å². The van der Waals surface area contributed by atoms with Gasteiger partial charge < -0.3 is 19.1 Å². The highest BCUT2D eigenvalue weighted by Crippen LogP contribution is 2.14. The topological polar surface area (TPSA) is 52.6 Å². The van der Waals surface area contributed by atoms with Crippen LogP contribution in [0.1, 0.15) is 176 Å². The van der Waals surface area contributed by atoms with Crippen LogP contribution in [0.15, 0.2) is 0 Å². The van der Waals surface area contributed by atoms with Crippen LogP contribution in [-0.4, -0.2) is 38.5 Å². The van der Waals surface area contributed by atoms with Gasteiger partial charge in [0.25, 0.3) is 0 Å². The standard InChI is InChI=1S/C20H38O2.C8H18O.C5H12O/c21-19-17-15-13-11-9-7-5-3-1-2-4-6-8-10-12-14-16-18-20-22;1-4-5-6-7-8(2)9-3;1-5(2,3)6-4/h19-20H,1-18H2;8H,4-7H2,1-3H3;1-4H3. The predicted octanol–water partition coefficient (Wildman–Crippen LogP) is 10.4. The molecule has 37 heavy (non-hydrogen) atoms. The number of hydrogen-bond donors (Lipinski definition) is 0. The number of ether oxygens (including phenoxy) is 2. The summed E-state index contributed by atoms with van der Waals surface area (Å²) in [6.45, 7) is 10.4. The molecule has 0 fully saturated rings. The Morgan fingerprint density at radius 2 is 0.865 bits per heavy atom. The van der Waals surface area contributed by atoms with Gasteiger partial charge in [0.05, 0.1) is 11.7 Å². The van der Waals surface area contributed by atoms with Crippen LogP contribution in [0.4, 0.5) is 0 Å². The van der Waals surface area contributed by atoms with E-state index in [9.17, 15) is 9.59 Å². The first-order valence-electron chi connectivity index (χ1n) is 15.7. The van der Waals surface area contributed by atoms with Crippen molar-refractivity contribution >= 4 is 12.6 Å². The highest BCUT2D eigenvalue weighted by atomic mass is 16.5. The lowest BCUT2D eigenvalue weighted by molar-refractivity contribution is -0.108. The normalized spacial score (nSPS) is 11.6. The van der Waals surface area contributed by atoms with Crippen LogP contribution >= 0.6 is 0 Å². The van der Waals surface area contributed by atoms with Crippen molar-refractivity contribution in [3.05, 3.63) is 0 Å². The van der Waals surface area contributed by atoms with Crippen LogP contribution in [0.25, 0.3) is 0 Å². The molecule has 4 heteroatoms. The van der Waals surface area contributed by atoms with Crippen LogP contribution in [0.2, 0.25) is 0 Å². The van der Waals surface area contributed by atoms with E-state index in [1.54, 1.807) is 14.2 Å². The molecule has 0 aliphatic rings. The first-order chi connectivity index (χ1) is 17.8. The Bertz CT molecular complexity index is 393. The Kier molecular flexibility index (Phi) is 38.8. The first-order valence-corrected chi connectivity index (χ1v) is 15.7. The quantitative estimate of drug-likeness (QED) is 0.0923. The largest absolute Gasteiger partial charge is 0.382 e. The van der Waals surface area contributed by atoms with Gasteiger partial charge in [0, 0.05) is 27.1 Å². The van der Waals surface area contributed by atoms with E-state index in [4.69, 9.17) is 9.47 Å². The second kappa shape index (κ2) is 35.3. The molecule has 224 valence electrons. The van der Waals surface area contributed by atoms with Gasteiger partial charge in [0.2, 0.25) is 0 Å². The maximum absolute atomic E-state index is 10.2. The van der Waals surface area contributed by atoms with Crippen LogP contribution in [0, 0.1) is 0 Å². The molecule has 0 aliphatic heterocycles. The predicted molar refractivity (Wildman–Crippen MR) is 163 cm³/mol. The Labute approximate surface area is 233 Å². The Morgan fingerprint density at radius 1 is 0.568 bits per heavy atom. The van der Waals surface area contributed by atoms with E-state index in [1.807, 2.05) is 20.8 Å². The van der Waals surface area contributed by atoms with E-state index >= 15 is 0 Å². The molecule has 1 atom stereocenters. The summed E-state index contributed by atoms with van der Waals surface area (Å²) in [4.78, 5) is 20.3. The second-order valence-electron chi connectivity index (χ2n) is 11.4. The van der Waals surface area contributed by atoms with Crippen LogP contribution in [-0.2, 0) is 19.1 Å². The Hall–Kier alpha value is -0.740. The van der Waals surface area contributed by atoms with E-state index < -0.39 is 0 Å². The minimum absolute atomic E-state index is 0.0417. The van der Waals surface area contributed by atoms with Crippen molar-refractivity contribution in [1.29, 1.82) is 0 Å². The number of carbonyl (C=O) groups is 2. The zero-order valence-corrected chi connectivity index (χ0v) is 26.4. The summed E-state index contributed by atoms with van der Waals surface area (Å²) in [7, 11) is 3.48. The SMILES string of the molecule is CCCCCC(C)OC.COC(C)(C)C.O=CCCCCCCCCCCCCCCCCCCC=O. The van der Waals surface area contributed by atoms with Crippen molar-refractivity contribution in [2.45, 2.75) is 188 Å². The summed E-state index contributed by atoms with van der Waals surface area (Å²) in [6.07, 6.45) is 30.3. The molecule has 0 spiro atoms. The third-order valence-electron chi connectivity index (χ3n) is 6.62. The molecule has 0 N–H and O–H groups in total. The fourth-order valence-electron chi connectivity index (χ4n) is 3.73. The third-order valence-corrected chi connectivity index (χ3v) is 6.62. The molecular weight excluding hydrogens is 460 g/mol. The molecule has 0 saturated carbocycles. The third kappa shape index (κ3) is 48.8. The number of unbranched alkanes of at least 4 members (excludes halogenated alkanes) is 19. The molecule has 0 aromatic rings. The van der Waals surface area contributed by atoms with Crippen LogP contribution < -0.4 is 0 Å². The lowest BCUT2D eigenvalue weighted by Crippen LogP contribution is -2.15. The van der Waals surface area contributed by atoms with Gasteiger partial charge in [-0.3, -0.25) is 0 Å². The van der Waals surface area contributed by atoms with Crippen LogP contribution in [0.3, 0.4) is 0 Å². The minimum Gasteiger partial charge on any atom is -0.382 e. The fraction of sp³-hybridized carbons (Fsp3) is 0.939. The van der Waals surface area contributed by atoms with Gasteiger partial charge in [-0.25, -0.2) is 0 Å². The summed E-state index contributed by atoms with van der Waals surface area (Å²) in [5.74, 6) is 0. The zero-order valence-electron chi connectivity index (χ0n) is 26.4. The molecule has 0 amide bonds. The van der Waals surface area contributed by atoms with E-state index in [2.05, 4.69) is 13.8 Å². The molecule has 0 radical (unpaired) electrons. The van der Waals surface area contributed by atoms with Gasteiger partial charge in [-0.2, -0.15) is 0 Å². The highest BCUT2D eigenvalue weighted by molar-refractivity contribution is 5.49. The van der Waals surface area contributed by atoms with Crippen molar-refractivity contribution in [1.82, 2.24) is 0 Å². The zero-order chi connectivity index (χ0) is 28.5. The minimum atomic E-state index is 0.0417. The molecule has 0 saturated heterocycles. The van der Waals surface area contributed by atoms with Gasteiger partial charge in [-0.15, -0.1) is 0 Å². The molecule has 1 unspecified atom stereocenters. The molecule has 0 rings (SSSR count). The lowest BCUT2D eigenvalue weighted by Gasteiger charge is -2.14. The summed E-state index contributed by atoms with van der Waals surface area (Å²) >= 11 is 0. The second-order valence-corrected chi connectivity index (χ2v) is 11.4. The average Bonchev–Trinajstić information content (AvgIpc) is 2.88. The lowest BCUT2D eigenvalue weighted by atomic mass is 10.0. The number of rotatable bonds is 24. The van der Waals surface area contributed by atoms with E-state index in [1.165, 1.54) is 116 Å². The molecule has 0 aromatic heterocycles. The van der Waals surface area contributed by atoms with E-state index in [-0.39, 0.29) is 5.60 Å².